The molecule has 21 heavy (non-hydrogen) atoms. The number of halogens is 1. The molecule has 0 spiro atoms. The van der Waals surface area contributed by atoms with Crippen molar-refractivity contribution in [3.8, 4) is 5.75 Å². The number of aryl methyl sites for hydroxylation is 1. The van der Waals surface area contributed by atoms with Crippen LogP contribution in [0.1, 0.15) is 5.56 Å². The van der Waals surface area contributed by atoms with Crippen LogP contribution in [0.15, 0.2) is 41.3 Å². The van der Waals surface area contributed by atoms with Crippen molar-refractivity contribution in [1.82, 2.24) is 0 Å². The number of nitrogen functional groups attached to an aromatic ring is 1. The fraction of sp³-hybridized carbons (Fsp3) is 0.143. The number of nitrogens with two attached hydrogens (primary N) is 1. The molecule has 0 unspecified atom stereocenters. The average Bonchev–Trinajstić information content (AvgIpc) is 2.42. The summed E-state index contributed by atoms with van der Waals surface area (Å²) in [5.41, 5.74) is 7.12. The van der Waals surface area contributed by atoms with Crippen LogP contribution in [0.2, 0.25) is 5.02 Å². The van der Waals surface area contributed by atoms with Crippen LogP contribution in [0.5, 0.6) is 5.75 Å². The van der Waals surface area contributed by atoms with Crippen molar-refractivity contribution < 1.29 is 13.2 Å². The zero-order valence-electron chi connectivity index (χ0n) is 11.6. The molecule has 2 rings (SSSR count). The second-order valence-corrected chi connectivity index (χ2v) is 6.57. The number of hydrogen-bond donors (Lipinski definition) is 2. The number of methoxy groups -OCH3 is 1. The molecule has 0 fully saturated rings. The lowest BCUT2D eigenvalue weighted by atomic mass is 10.2. The molecule has 0 atom stereocenters. The van der Waals surface area contributed by atoms with Crippen molar-refractivity contribution in [3.05, 3.63) is 47.0 Å². The molecule has 2 aromatic rings. The van der Waals surface area contributed by atoms with Crippen LogP contribution < -0.4 is 15.2 Å². The highest BCUT2D eigenvalue weighted by molar-refractivity contribution is 7.92. The van der Waals surface area contributed by atoms with Gasteiger partial charge in [-0.05, 0) is 42.8 Å². The van der Waals surface area contributed by atoms with E-state index >= 15 is 0 Å². The first-order chi connectivity index (χ1) is 9.83. The highest BCUT2D eigenvalue weighted by Crippen LogP contribution is 2.32. The minimum Gasteiger partial charge on any atom is -0.495 e. The highest BCUT2D eigenvalue weighted by atomic mass is 35.5. The Morgan fingerprint density at radius 3 is 2.38 bits per heavy atom. The lowest BCUT2D eigenvalue weighted by Crippen LogP contribution is -2.13. The van der Waals surface area contributed by atoms with Gasteiger partial charge < -0.3 is 10.5 Å². The molecular formula is C14H15ClN2O3S. The molecular weight excluding hydrogens is 312 g/mol. The third-order valence-electron chi connectivity index (χ3n) is 2.92. The van der Waals surface area contributed by atoms with Crippen LogP contribution in [-0.2, 0) is 10.0 Å². The van der Waals surface area contributed by atoms with E-state index in [2.05, 4.69) is 4.72 Å². The predicted octanol–water partition coefficient (Wildman–Crippen LogP) is 3.04. The van der Waals surface area contributed by atoms with Crippen LogP contribution in [-0.4, -0.2) is 15.5 Å². The van der Waals surface area contributed by atoms with Gasteiger partial charge in [-0.1, -0.05) is 11.6 Å². The molecule has 0 aliphatic carbocycles. The van der Waals surface area contributed by atoms with Gasteiger partial charge in [-0.25, -0.2) is 8.42 Å². The first kappa shape index (κ1) is 15.5. The molecule has 5 nitrogen and oxygen atoms in total. The van der Waals surface area contributed by atoms with Gasteiger partial charge in [0.2, 0.25) is 0 Å². The van der Waals surface area contributed by atoms with E-state index in [0.29, 0.717) is 22.1 Å². The number of hydrogen-bond acceptors (Lipinski definition) is 4. The Morgan fingerprint density at radius 2 is 1.81 bits per heavy atom. The average molecular weight is 327 g/mol. The number of nitrogens with one attached hydrogen (secondary N) is 1. The van der Waals surface area contributed by atoms with E-state index in [-0.39, 0.29) is 4.90 Å². The van der Waals surface area contributed by atoms with E-state index in [1.165, 1.54) is 31.4 Å². The maximum absolute atomic E-state index is 12.3. The standard InChI is InChI=1S/C14H15ClN2O3S/c1-9-7-13(14(20-2)8-12(9)15)17-21(18,19)11-5-3-10(16)4-6-11/h3-8,17H,16H2,1-2H3. The molecule has 3 N–H and O–H groups in total. The first-order valence-electron chi connectivity index (χ1n) is 6.06. The molecule has 0 radical (unpaired) electrons. The minimum absolute atomic E-state index is 0.117. The Bertz CT molecular complexity index is 759. The molecule has 0 saturated heterocycles. The van der Waals surface area contributed by atoms with E-state index in [0.717, 1.165) is 5.56 Å². The lowest BCUT2D eigenvalue weighted by Gasteiger charge is -2.13. The number of ether oxygens (including phenoxy) is 1. The van der Waals surface area contributed by atoms with Gasteiger partial charge in [-0.15, -0.1) is 0 Å². The lowest BCUT2D eigenvalue weighted by molar-refractivity contribution is 0.417. The maximum Gasteiger partial charge on any atom is 0.262 e. The summed E-state index contributed by atoms with van der Waals surface area (Å²) in [6.45, 7) is 1.78. The Balaban J connectivity index is 2.41. The monoisotopic (exact) mass is 326 g/mol. The maximum atomic E-state index is 12.3. The van der Waals surface area contributed by atoms with Gasteiger partial charge >= 0.3 is 0 Å². The largest absolute Gasteiger partial charge is 0.495 e. The fourth-order valence-corrected chi connectivity index (χ4v) is 2.98. The highest BCUT2D eigenvalue weighted by Gasteiger charge is 2.17. The van der Waals surface area contributed by atoms with Gasteiger partial charge in [-0.2, -0.15) is 0 Å². The molecule has 0 aliphatic rings. The van der Waals surface area contributed by atoms with Crippen LogP contribution in [0.3, 0.4) is 0 Å². The molecule has 0 aromatic heterocycles. The van der Waals surface area contributed by atoms with Crippen molar-refractivity contribution in [2.45, 2.75) is 11.8 Å². The van der Waals surface area contributed by atoms with Crippen molar-refractivity contribution in [1.29, 1.82) is 0 Å². The molecule has 0 heterocycles. The van der Waals surface area contributed by atoms with Gasteiger partial charge in [0.25, 0.3) is 10.0 Å². The summed E-state index contributed by atoms with van der Waals surface area (Å²) in [5.74, 6) is 0.352. The van der Waals surface area contributed by atoms with E-state index in [1.54, 1.807) is 19.1 Å². The van der Waals surface area contributed by atoms with Crippen LogP contribution in [0.4, 0.5) is 11.4 Å². The second-order valence-electron chi connectivity index (χ2n) is 4.48. The Hall–Kier alpha value is -1.92. The van der Waals surface area contributed by atoms with Crippen LogP contribution >= 0.6 is 11.6 Å². The van der Waals surface area contributed by atoms with Crippen molar-refractivity contribution >= 4 is 33.0 Å². The van der Waals surface area contributed by atoms with Crippen LogP contribution in [0.25, 0.3) is 0 Å². The molecule has 0 aliphatic heterocycles. The van der Waals surface area contributed by atoms with Gasteiger partial charge in [0.1, 0.15) is 5.75 Å². The summed E-state index contributed by atoms with van der Waals surface area (Å²) >= 11 is 6.00. The van der Waals surface area contributed by atoms with Crippen molar-refractivity contribution in [2.24, 2.45) is 0 Å². The summed E-state index contributed by atoms with van der Waals surface area (Å²) in [7, 11) is -2.27. The fourth-order valence-electron chi connectivity index (χ4n) is 1.76. The second kappa shape index (κ2) is 5.83. The zero-order valence-corrected chi connectivity index (χ0v) is 13.1. The first-order valence-corrected chi connectivity index (χ1v) is 7.92. The number of anilines is 2. The molecule has 112 valence electrons. The topological polar surface area (TPSA) is 81.4 Å². The Kier molecular flexibility index (Phi) is 4.29. The minimum atomic E-state index is -3.72. The summed E-state index contributed by atoms with van der Waals surface area (Å²) in [5, 5.41) is 0.502. The summed E-state index contributed by atoms with van der Waals surface area (Å²) in [6.07, 6.45) is 0. The van der Waals surface area contributed by atoms with Gasteiger partial charge in [0.15, 0.2) is 0 Å². The van der Waals surface area contributed by atoms with Crippen molar-refractivity contribution in [2.75, 3.05) is 17.6 Å². The number of benzene rings is 2. The number of rotatable bonds is 4. The zero-order chi connectivity index (χ0) is 15.6. The molecule has 2 aromatic carbocycles. The molecule has 7 heteroatoms. The van der Waals surface area contributed by atoms with Gasteiger partial charge in [0.05, 0.1) is 17.7 Å². The predicted molar refractivity (Wildman–Crippen MR) is 84.4 cm³/mol. The van der Waals surface area contributed by atoms with Gasteiger partial charge in [0, 0.05) is 16.8 Å². The van der Waals surface area contributed by atoms with Crippen LogP contribution in [0, 0.1) is 6.92 Å². The van der Waals surface area contributed by atoms with E-state index in [9.17, 15) is 8.42 Å². The number of sulfonamides is 1. The Labute approximate surface area is 128 Å². The van der Waals surface area contributed by atoms with E-state index in [4.69, 9.17) is 22.1 Å². The molecule has 0 bridgehead atoms. The third kappa shape index (κ3) is 3.40. The quantitative estimate of drug-likeness (QED) is 0.846. The SMILES string of the molecule is COc1cc(Cl)c(C)cc1NS(=O)(=O)c1ccc(N)cc1. The molecule has 0 saturated carbocycles. The Morgan fingerprint density at radius 1 is 1.19 bits per heavy atom. The van der Waals surface area contributed by atoms with E-state index in [1.807, 2.05) is 0 Å². The summed E-state index contributed by atoms with van der Waals surface area (Å²) in [6, 6.07) is 9.12. The summed E-state index contributed by atoms with van der Waals surface area (Å²) < 4.78 is 32.3. The van der Waals surface area contributed by atoms with E-state index < -0.39 is 10.0 Å². The summed E-state index contributed by atoms with van der Waals surface area (Å²) in [4.78, 5) is 0.117. The van der Waals surface area contributed by atoms with Crippen molar-refractivity contribution in [3.63, 3.8) is 0 Å². The van der Waals surface area contributed by atoms with Gasteiger partial charge in [-0.3, -0.25) is 4.72 Å². The third-order valence-corrected chi connectivity index (χ3v) is 4.70. The normalized spacial score (nSPS) is 11.2. The smallest absolute Gasteiger partial charge is 0.262 e. The molecule has 0 amide bonds.